The van der Waals surface area contributed by atoms with Crippen molar-refractivity contribution in [1.29, 1.82) is 5.26 Å². The lowest BCUT2D eigenvalue weighted by molar-refractivity contribution is 0.665. The molecule has 3 aromatic carbocycles. The molecule has 0 aliphatic rings. The first-order valence-corrected chi connectivity index (χ1v) is 12.1. The van der Waals surface area contributed by atoms with E-state index in [-0.39, 0.29) is 11.5 Å². The molecular weight excluding hydrogens is 502 g/mol. The van der Waals surface area contributed by atoms with Gasteiger partial charge in [-0.25, -0.2) is 4.98 Å². The van der Waals surface area contributed by atoms with Gasteiger partial charge >= 0.3 is 0 Å². The van der Waals surface area contributed by atoms with E-state index in [1.54, 1.807) is 12.3 Å². The standard InChI is InChI=1S/C28H22BrN5O/c1-18(2)27-32-25-12-11-22(29)13-24(25)28(35)34(27)31-15-21-17-33(26-10-6-5-9-23(21)26)16-20-8-4-3-7-19(20)14-30/h3-13,15,17-18H,16H2,1-2H3. The Hall–Kier alpha value is -4.02. The van der Waals surface area contributed by atoms with E-state index >= 15 is 0 Å². The highest BCUT2D eigenvalue weighted by atomic mass is 79.9. The fourth-order valence-corrected chi connectivity index (χ4v) is 4.59. The third-order valence-electron chi connectivity index (χ3n) is 5.96. The van der Waals surface area contributed by atoms with Crippen LogP contribution in [0.2, 0.25) is 0 Å². The predicted molar refractivity (Wildman–Crippen MR) is 143 cm³/mol. The van der Waals surface area contributed by atoms with E-state index in [1.165, 1.54) is 4.68 Å². The molecule has 5 aromatic rings. The van der Waals surface area contributed by atoms with Crippen LogP contribution >= 0.6 is 15.9 Å². The van der Waals surface area contributed by atoms with Crippen LogP contribution in [0.4, 0.5) is 0 Å². The molecule has 2 heterocycles. The van der Waals surface area contributed by atoms with Crippen molar-refractivity contribution in [2.75, 3.05) is 0 Å². The summed E-state index contributed by atoms with van der Waals surface area (Å²) in [7, 11) is 0. The Labute approximate surface area is 210 Å². The van der Waals surface area contributed by atoms with Gasteiger partial charge in [-0.2, -0.15) is 15.0 Å². The van der Waals surface area contributed by atoms with Crippen LogP contribution in [0.25, 0.3) is 21.8 Å². The van der Waals surface area contributed by atoms with Gasteiger partial charge in [-0.1, -0.05) is 66.2 Å². The summed E-state index contributed by atoms with van der Waals surface area (Å²) in [6.45, 7) is 4.55. The molecule has 0 saturated heterocycles. The highest BCUT2D eigenvalue weighted by Gasteiger charge is 2.15. The minimum Gasteiger partial charge on any atom is -0.342 e. The van der Waals surface area contributed by atoms with Gasteiger partial charge in [0.1, 0.15) is 5.82 Å². The van der Waals surface area contributed by atoms with Gasteiger partial charge in [-0.15, -0.1) is 0 Å². The van der Waals surface area contributed by atoms with E-state index < -0.39 is 0 Å². The maximum absolute atomic E-state index is 13.4. The van der Waals surface area contributed by atoms with E-state index in [0.717, 1.165) is 26.5 Å². The molecule has 7 heteroatoms. The van der Waals surface area contributed by atoms with E-state index in [4.69, 9.17) is 4.98 Å². The fraction of sp³-hybridized carbons (Fsp3) is 0.143. The van der Waals surface area contributed by atoms with E-state index in [2.05, 4.69) is 31.7 Å². The molecule has 35 heavy (non-hydrogen) atoms. The molecule has 172 valence electrons. The number of para-hydroxylation sites is 1. The highest BCUT2D eigenvalue weighted by molar-refractivity contribution is 9.10. The molecule has 0 unspecified atom stereocenters. The van der Waals surface area contributed by atoms with Crippen molar-refractivity contribution < 1.29 is 0 Å². The Kier molecular flexibility index (Phi) is 6.06. The summed E-state index contributed by atoms with van der Waals surface area (Å²) in [4.78, 5) is 18.1. The van der Waals surface area contributed by atoms with Crippen LogP contribution < -0.4 is 5.56 Å². The molecule has 0 bridgehead atoms. The zero-order valence-corrected chi connectivity index (χ0v) is 20.9. The predicted octanol–water partition coefficient (Wildman–Crippen LogP) is 6.04. The van der Waals surface area contributed by atoms with Crippen LogP contribution in [0.3, 0.4) is 0 Å². The van der Waals surface area contributed by atoms with Crippen LogP contribution in [0.15, 0.2) is 87.3 Å². The molecular formula is C28H22BrN5O. The van der Waals surface area contributed by atoms with Crippen LogP contribution in [0.5, 0.6) is 0 Å². The molecule has 0 fully saturated rings. The zero-order chi connectivity index (χ0) is 24.5. The lowest BCUT2D eigenvalue weighted by Crippen LogP contribution is -2.23. The molecule has 0 amide bonds. The van der Waals surface area contributed by atoms with E-state index in [1.807, 2.05) is 80.7 Å². The summed E-state index contributed by atoms with van der Waals surface area (Å²) in [6, 6.07) is 23.4. The fourth-order valence-electron chi connectivity index (χ4n) is 4.23. The first-order chi connectivity index (χ1) is 17.0. The Morgan fingerprint density at radius 1 is 1.09 bits per heavy atom. The minimum atomic E-state index is -0.206. The smallest absolute Gasteiger partial charge is 0.282 e. The second kappa shape index (κ2) is 9.32. The number of hydrogen-bond acceptors (Lipinski definition) is 4. The molecule has 0 aliphatic heterocycles. The largest absolute Gasteiger partial charge is 0.342 e. The number of nitrogens with zero attached hydrogens (tertiary/aromatic N) is 5. The number of aromatic nitrogens is 3. The summed E-state index contributed by atoms with van der Waals surface area (Å²) in [5.41, 5.74) is 3.96. The van der Waals surface area contributed by atoms with Crippen molar-refractivity contribution in [1.82, 2.24) is 14.2 Å². The van der Waals surface area contributed by atoms with Crippen molar-refractivity contribution >= 4 is 44.0 Å². The molecule has 0 spiro atoms. The van der Waals surface area contributed by atoms with Gasteiger partial charge in [0.15, 0.2) is 0 Å². The summed E-state index contributed by atoms with van der Waals surface area (Å²) in [6.07, 6.45) is 3.72. The molecule has 0 aliphatic carbocycles. The Morgan fingerprint density at radius 3 is 2.66 bits per heavy atom. The molecule has 0 saturated carbocycles. The van der Waals surface area contributed by atoms with Gasteiger partial charge in [0.05, 0.1) is 28.8 Å². The van der Waals surface area contributed by atoms with Gasteiger partial charge in [-0.05, 0) is 35.9 Å². The average molecular weight is 524 g/mol. The summed E-state index contributed by atoms with van der Waals surface area (Å²) in [5, 5.41) is 15.6. The highest BCUT2D eigenvalue weighted by Crippen LogP contribution is 2.23. The molecule has 5 rings (SSSR count). The van der Waals surface area contributed by atoms with Gasteiger partial charge in [0, 0.05) is 39.6 Å². The summed E-state index contributed by atoms with van der Waals surface area (Å²) < 4.78 is 4.32. The van der Waals surface area contributed by atoms with Crippen molar-refractivity contribution in [2.45, 2.75) is 26.3 Å². The number of benzene rings is 3. The lowest BCUT2D eigenvalue weighted by Gasteiger charge is -2.11. The van der Waals surface area contributed by atoms with Crippen LogP contribution in [0, 0.1) is 11.3 Å². The second-order valence-corrected chi connectivity index (χ2v) is 9.56. The molecule has 2 aromatic heterocycles. The van der Waals surface area contributed by atoms with Crippen LogP contribution in [-0.2, 0) is 6.54 Å². The van der Waals surface area contributed by atoms with Crippen LogP contribution in [-0.4, -0.2) is 20.4 Å². The Morgan fingerprint density at radius 2 is 1.86 bits per heavy atom. The minimum absolute atomic E-state index is 0.0109. The first kappa shape index (κ1) is 22.8. The maximum Gasteiger partial charge on any atom is 0.282 e. The van der Waals surface area contributed by atoms with Crippen molar-refractivity contribution in [2.24, 2.45) is 5.10 Å². The maximum atomic E-state index is 13.4. The van der Waals surface area contributed by atoms with Crippen molar-refractivity contribution in [3.05, 3.63) is 110 Å². The monoisotopic (exact) mass is 523 g/mol. The third kappa shape index (κ3) is 4.29. The second-order valence-electron chi connectivity index (χ2n) is 8.65. The lowest BCUT2D eigenvalue weighted by atomic mass is 10.1. The molecule has 0 atom stereocenters. The number of rotatable bonds is 5. The summed E-state index contributed by atoms with van der Waals surface area (Å²) in [5.74, 6) is 0.615. The Bertz CT molecular complexity index is 1700. The molecule has 6 nitrogen and oxygen atoms in total. The quantitative estimate of drug-likeness (QED) is 0.263. The number of nitriles is 1. The molecule has 0 N–H and O–H groups in total. The third-order valence-corrected chi connectivity index (χ3v) is 6.45. The molecule has 0 radical (unpaired) electrons. The number of halogens is 1. The van der Waals surface area contributed by atoms with Gasteiger partial charge < -0.3 is 4.57 Å². The van der Waals surface area contributed by atoms with E-state index in [9.17, 15) is 10.1 Å². The van der Waals surface area contributed by atoms with Gasteiger partial charge in [0.2, 0.25) is 0 Å². The first-order valence-electron chi connectivity index (χ1n) is 11.3. The normalized spacial score (nSPS) is 11.6. The van der Waals surface area contributed by atoms with Gasteiger partial charge in [0.25, 0.3) is 5.56 Å². The number of hydrogen-bond donors (Lipinski definition) is 0. The average Bonchev–Trinajstić information content (AvgIpc) is 3.21. The van der Waals surface area contributed by atoms with Crippen molar-refractivity contribution in [3.63, 3.8) is 0 Å². The zero-order valence-electron chi connectivity index (χ0n) is 19.3. The topological polar surface area (TPSA) is 76.0 Å². The van der Waals surface area contributed by atoms with Crippen molar-refractivity contribution in [3.8, 4) is 6.07 Å². The number of fused-ring (bicyclic) bond motifs is 2. The Balaban J connectivity index is 1.63. The van der Waals surface area contributed by atoms with Gasteiger partial charge in [-0.3, -0.25) is 4.79 Å². The van der Waals surface area contributed by atoms with E-state index in [0.29, 0.717) is 28.8 Å². The summed E-state index contributed by atoms with van der Waals surface area (Å²) >= 11 is 3.44. The SMILES string of the molecule is CC(C)c1nc2ccc(Br)cc2c(=O)n1N=Cc1cn(Cc2ccccc2C#N)c2ccccc12. The van der Waals surface area contributed by atoms with Crippen LogP contribution in [0.1, 0.15) is 42.3 Å².